The summed E-state index contributed by atoms with van der Waals surface area (Å²) in [5.41, 5.74) is 5.25. The second kappa shape index (κ2) is 7.64. The Balaban J connectivity index is 1.52. The summed E-state index contributed by atoms with van der Waals surface area (Å²) in [6, 6.07) is 20.3. The van der Waals surface area contributed by atoms with Crippen LogP contribution in [0.5, 0.6) is 0 Å². The average molecular weight is 404 g/mol. The fourth-order valence-electron chi connectivity index (χ4n) is 3.77. The van der Waals surface area contributed by atoms with Crippen molar-refractivity contribution in [1.29, 1.82) is 0 Å². The molecule has 0 N–H and O–H groups in total. The Morgan fingerprint density at radius 1 is 0.871 bits per heavy atom. The summed E-state index contributed by atoms with van der Waals surface area (Å²) in [6.07, 6.45) is 10.0. The molecule has 0 spiro atoms. The van der Waals surface area contributed by atoms with Crippen LogP contribution in [0.2, 0.25) is 0 Å². The first kappa shape index (κ1) is 18.9. The molecule has 5 rings (SSSR count). The molecular weight excluding hydrogens is 385 g/mol. The zero-order valence-electron chi connectivity index (χ0n) is 17.0. The quantitative estimate of drug-likeness (QED) is 0.396. The molecule has 3 aromatic rings. The van der Waals surface area contributed by atoms with Gasteiger partial charge in [-0.15, -0.1) is 0 Å². The molecule has 0 amide bonds. The van der Waals surface area contributed by atoms with Crippen molar-refractivity contribution in [2.45, 2.75) is 6.92 Å². The highest BCUT2D eigenvalue weighted by Gasteiger charge is 2.39. The number of pyridine rings is 1. The highest BCUT2D eigenvalue weighted by molar-refractivity contribution is 6.11. The average Bonchev–Trinajstić information content (AvgIpc) is 3.19. The van der Waals surface area contributed by atoms with Crippen LogP contribution in [-0.2, 0) is 0 Å². The number of aromatic nitrogens is 1. The number of rotatable bonds is 2. The molecule has 1 aromatic heterocycles. The predicted molar refractivity (Wildman–Crippen MR) is 123 cm³/mol. The summed E-state index contributed by atoms with van der Waals surface area (Å²) in [5, 5.41) is 0. The molecule has 1 unspecified atom stereocenters. The Morgan fingerprint density at radius 3 is 2.45 bits per heavy atom. The number of allylic oxidation sites excluding steroid dienone is 2. The van der Waals surface area contributed by atoms with E-state index in [1.54, 1.807) is 12.1 Å². The zero-order chi connectivity index (χ0) is 21.3. The maximum Gasteiger partial charge on any atom is 0.242 e. The van der Waals surface area contributed by atoms with Crippen LogP contribution in [0.15, 0.2) is 102 Å². The van der Waals surface area contributed by atoms with E-state index in [1.165, 1.54) is 12.1 Å². The SMILES string of the molecule is Cc1nc(C#Cc2ccccc2)ccc1C1=C[N+]2(c3ccc(F)cc3)C=CC=CC2=N1. The Hall–Kier alpha value is -4.07. The summed E-state index contributed by atoms with van der Waals surface area (Å²) < 4.78 is 13.8. The van der Waals surface area contributed by atoms with Crippen molar-refractivity contribution in [2.75, 3.05) is 0 Å². The maximum atomic E-state index is 13.5. The molecule has 3 heterocycles. The van der Waals surface area contributed by atoms with Gasteiger partial charge in [-0.1, -0.05) is 24.1 Å². The predicted octanol–water partition coefficient (Wildman–Crippen LogP) is 5.73. The van der Waals surface area contributed by atoms with Crippen LogP contribution in [0.25, 0.3) is 5.70 Å². The minimum atomic E-state index is -0.257. The van der Waals surface area contributed by atoms with Gasteiger partial charge in [-0.3, -0.25) is 0 Å². The third kappa shape index (κ3) is 3.52. The minimum Gasteiger partial charge on any atom is -0.244 e. The van der Waals surface area contributed by atoms with E-state index < -0.39 is 0 Å². The van der Waals surface area contributed by atoms with E-state index in [2.05, 4.69) is 23.0 Å². The van der Waals surface area contributed by atoms with Crippen LogP contribution in [0.3, 0.4) is 0 Å². The van der Waals surface area contributed by atoms with Gasteiger partial charge in [0.25, 0.3) is 0 Å². The van der Waals surface area contributed by atoms with E-state index in [1.807, 2.05) is 73.8 Å². The minimum absolute atomic E-state index is 0.257. The van der Waals surface area contributed by atoms with Crippen LogP contribution < -0.4 is 4.48 Å². The summed E-state index contributed by atoms with van der Waals surface area (Å²) >= 11 is 0. The van der Waals surface area contributed by atoms with Gasteiger partial charge in [-0.05, 0) is 61.4 Å². The fourth-order valence-corrected chi connectivity index (χ4v) is 3.77. The first-order valence-corrected chi connectivity index (χ1v) is 10.0. The molecule has 31 heavy (non-hydrogen) atoms. The molecule has 0 aliphatic carbocycles. The Bertz CT molecular complexity index is 1340. The van der Waals surface area contributed by atoms with Crippen molar-refractivity contribution in [1.82, 2.24) is 9.47 Å². The number of aliphatic imine (C=N–C) groups is 1. The van der Waals surface area contributed by atoms with E-state index in [-0.39, 0.29) is 5.82 Å². The topological polar surface area (TPSA) is 25.2 Å². The Kier molecular flexibility index (Phi) is 4.66. The van der Waals surface area contributed by atoms with Crippen molar-refractivity contribution < 1.29 is 4.39 Å². The summed E-state index contributed by atoms with van der Waals surface area (Å²) in [7, 11) is 0. The fraction of sp³-hybridized carbons (Fsp3) is 0.0370. The van der Waals surface area contributed by atoms with Gasteiger partial charge < -0.3 is 0 Å². The van der Waals surface area contributed by atoms with Gasteiger partial charge in [0.15, 0.2) is 0 Å². The first-order chi connectivity index (χ1) is 15.1. The zero-order valence-corrected chi connectivity index (χ0v) is 17.0. The Morgan fingerprint density at radius 2 is 1.68 bits per heavy atom. The number of aryl methyl sites for hydroxylation is 1. The van der Waals surface area contributed by atoms with Crippen LogP contribution in [0.4, 0.5) is 10.1 Å². The highest BCUT2D eigenvalue weighted by Crippen LogP contribution is 2.37. The van der Waals surface area contributed by atoms with Gasteiger partial charge in [-0.2, -0.15) is 9.48 Å². The van der Waals surface area contributed by atoms with Crippen LogP contribution in [0.1, 0.15) is 22.5 Å². The number of quaternary nitrogens is 1. The molecule has 1 atom stereocenters. The second-order valence-electron chi connectivity index (χ2n) is 7.38. The number of nitrogens with zero attached hydrogens (tertiary/aromatic N) is 3. The number of benzene rings is 2. The summed E-state index contributed by atoms with van der Waals surface area (Å²) in [6.45, 7) is 1.97. The van der Waals surface area contributed by atoms with Crippen molar-refractivity contribution in [3.8, 4) is 11.8 Å². The largest absolute Gasteiger partial charge is 0.244 e. The third-order valence-corrected chi connectivity index (χ3v) is 5.34. The molecule has 0 saturated heterocycles. The molecule has 0 fully saturated rings. The van der Waals surface area contributed by atoms with E-state index in [9.17, 15) is 4.39 Å². The monoisotopic (exact) mass is 404 g/mol. The molecule has 4 heteroatoms. The van der Waals surface area contributed by atoms with E-state index in [4.69, 9.17) is 4.99 Å². The molecule has 0 radical (unpaired) electrons. The lowest BCUT2D eigenvalue weighted by Crippen LogP contribution is -2.42. The number of amidine groups is 1. The van der Waals surface area contributed by atoms with Crippen LogP contribution in [0, 0.1) is 24.6 Å². The van der Waals surface area contributed by atoms with Crippen molar-refractivity contribution >= 4 is 17.2 Å². The lowest BCUT2D eigenvalue weighted by atomic mass is 10.1. The molecular formula is C27H19FN3+. The summed E-state index contributed by atoms with van der Waals surface area (Å²) in [4.78, 5) is 9.56. The third-order valence-electron chi connectivity index (χ3n) is 5.34. The maximum absolute atomic E-state index is 13.5. The van der Waals surface area contributed by atoms with Crippen LogP contribution >= 0.6 is 0 Å². The number of hydrogen-bond donors (Lipinski definition) is 0. The van der Waals surface area contributed by atoms with Crippen molar-refractivity contribution in [3.63, 3.8) is 0 Å². The van der Waals surface area contributed by atoms with E-state index in [0.29, 0.717) is 4.48 Å². The van der Waals surface area contributed by atoms with Crippen LogP contribution in [-0.4, -0.2) is 10.8 Å². The van der Waals surface area contributed by atoms with Gasteiger partial charge in [0.05, 0.1) is 0 Å². The molecule has 2 aromatic carbocycles. The second-order valence-corrected chi connectivity index (χ2v) is 7.38. The molecule has 148 valence electrons. The van der Waals surface area contributed by atoms with Crippen molar-refractivity contribution in [2.24, 2.45) is 4.99 Å². The van der Waals surface area contributed by atoms with Gasteiger partial charge in [0.2, 0.25) is 5.84 Å². The molecule has 0 bridgehead atoms. The van der Waals surface area contributed by atoms with Gasteiger partial charge in [0.1, 0.15) is 35.3 Å². The van der Waals surface area contributed by atoms with E-state index in [0.717, 1.165) is 39.7 Å². The Labute approximate surface area is 180 Å². The smallest absolute Gasteiger partial charge is 0.242 e. The van der Waals surface area contributed by atoms with E-state index >= 15 is 0 Å². The lowest BCUT2D eigenvalue weighted by molar-refractivity contribution is 0.625. The lowest BCUT2D eigenvalue weighted by Gasteiger charge is -2.27. The standard InChI is InChI=1S/C27H19FN3/c1-20-25(17-14-23(29-20)13-10-21-7-3-2-4-8-21)26-19-31(18-6-5-9-27(31)30-26)24-15-11-22(28)12-16-24/h2-9,11-12,14-19H,1H3/q+1. The van der Waals surface area contributed by atoms with Gasteiger partial charge in [0, 0.05) is 35.0 Å². The molecule has 2 aliphatic rings. The molecule has 3 nitrogen and oxygen atoms in total. The van der Waals surface area contributed by atoms with Gasteiger partial charge >= 0.3 is 0 Å². The molecule has 2 aliphatic heterocycles. The highest BCUT2D eigenvalue weighted by atomic mass is 19.1. The summed E-state index contributed by atoms with van der Waals surface area (Å²) in [5.74, 6) is 6.87. The molecule has 0 saturated carbocycles. The number of fused-ring (bicyclic) bond motifs is 1. The number of hydrogen-bond acceptors (Lipinski definition) is 2. The van der Waals surface area contributed by atoms with Crippen molar-refractivity contribution in [3.05, 3.63) is 126 Å². The number of halogens is 1. The van der Waals surface area contributed by atoms with Gasteiger partial charge in [-0.25, -0.2) is 9.37 Å². The first-order valence-electron chi connectivity index (χ1n) is 10.0. The normalized spacial score (nSPS) is 18.6.